The number of carbonyl (C=O) groups is 4. The molecule has 4 unspecified atom stereocenters. The molecule has 0 bridgehead atoms. The van der Waals surface area contributed by atoms with Crippen LogP contribution < -0.4 is 5.73 Å². The van der Waals surface area contributed by atoms with E-state index in [0.717, 1.165) is 4.90 Å². The predicted octanol–water partition coefficient (Wildman–Crippen LogP) is 5.61. The van der Waals surface area contributed by atoms with Crippen LogP contribution in [-0.4, -0.2) is 73.6 Å². The first-order chi connectivity index (χ1) is 21.5. The molecule has 2 aromatic carbocycles. The zero-order chi connectivity index (χ0) is 34.1. The summed E-state index contributed by atoms with van der Waals surface area (Å²) in [6.07, 6.45) is -0.362. The lowest BCUT2D eigenvalue weighted by Gasteiger charge is -2.42. The van der Waals surface area contributed by atoms with Gasteiger partial charge in [0.2, 0.25) is 5.89 Å². The van der Waals surface area contributed by atoms with Crippen molar-refractivity contribution in [1.29, 1.82) is 0 Å². The van der Waals surface area contributed by atoms with Gasteiger partial charge < -0.3 is 20.0 Å². The van der Waals surface area contributed by atoms with Gasteiger partial charge in [0.25, 0.3) is 5.91 Å². The molecule has 0 aliphatic carbocycles. The minimum atomic E-state index is -1.52. The van der Waals surface area contributed by atoms with Gasteiger partial charge >= 0.3 is 17.9 Å². The van der Waals surface area contributed by atoms with Crippen molar-refractivity contribution >= 4 is 34.9 Å². The number of aromatic nitrogens is 1. The number of likely N-dealkylation sites (tertiary alicyclic amines) is 1. The fourth-order valence-corrected chi connectivity index (χ4v) is 6.07. The molecular weight excluding hydrogens is 588 g/mol. The summed E-state index contributed by atoms with van der Waals surface area (Å²) in [5, 5.41) is 11.8. The number of oxazole rings is 1. The van der Waals surface area contributed by atoms with Gasteiger partial charge in [0.15, 0.2) is 11.7 Å². The molecule has 4 rings (SSSR count). The van der Waals surface area contributed by atoms with Gasteiger partial charge in [-0.2, -0.15) is 4.48 Å². The predicted molar refractivity (Wildman–Crippen MR) is 172 cm³/mol. The summed E-state index contributed by atoms with van der Waals surface area (Å²) in [4.78, 5) is 61.8. The molecule has 1 aliphatic rings. The van der Waals surface area contributed by atoms with E-state index in [4.69, 9.17) is 14.9 Å². The second-order valence-electron chi connectivity index (χ2n) is 13.9. The van der Waals surface area contributed by atoms with Crippen molar-refractivity contribution < 1.29 is 37.9 Å². The maximum absolute atomic E-state index is 15.0. The third-order valence-corrected chi connectivity index (χ3v) is 8.68. The summed E-state index contributed by atoms with van der Waals surface area (Å²) < 4.78 is 10.7. The van der Waals surface area contributed by atoms with E-state index in [9.17, 15) is 19.5 Å². The van der Waals surface area contributed by atoms with Crippen LogP contribution in [0.3, 0.4) is 0 Å². The third kappa shape index (κ3) is 6.77. The number of quaternary nitrogens is 1. The molecule has 2 heterocycles. The van der Waals surface area contributed by atoms with Gasteiger partial charge in [0, 0.05) is 18.4 Å². The van der Waals surface area contributed by atoms with Crippen LogP contribution in [0.15, 0.2) is 52.9 Å². The Morgan fingerprint density at radius 3 is 2.13 bits per heavy atom. The van der Waals surface area contributed by atoms with Crippen LogP contribution >= 0.6 is 0 Å². The SMILES string of the molecule is CC(C)C(N)C(=O)[N@+]1(C(=O)N(C(=O)c2ccc(C(=O)OC(C)(C)C)cc2)C(C(C)C)C(O)c2nc3ccccc3o2)CCCC1C. The summed E-state index contributed by atoms with van der Waals surface area (Å²) in [5.74, 6) is -2.57. The molecule has 5 atom stereocenters. The molecule has 11 nitrogen and oxygen atoms in total. The van der Waals surface area contributed by atoms with E-state index in [1.165, 1.54) is 24.3 Å². The van der Waals surface area contributed by atoms with Crippen molar-refractivity contribution in [3.63, 3.8) is 0 Å². The highest BCUT2D eigenvalue weighted by atomic mass is 16.6. The van der Waals surface area contributed by atoms with Crippen LogP contribution in [0.5, 0.6) is 0 Å². The normalized spacial score (nSPS) is 20.5. The number of esters is 1. The molecule has 0 radical (unpaired) electrons. The second kappa shape index (κ2) is 13.4. The van der Waals surface area contributed by atoms with Gasteiger partial charge in [-0.25, -0.2) is 24.3 Å². The molecule has 3 N–H and O–H groups in total. The van der Waals surface area contributed by atoms with Crippen LogP contribution in [0.2, 0.25) is 0 Å². The maximum atomic E-state index is 15.0. The van der Waals surface area contributed by atoms with Crippen molar-refractivity contribution in [3.05, 3.63) is 65.5 Å². The van der Waals surface area contributed by atoms with E-state index in [2.05, 4.69) is 4.98 Å². The average molecular weight is 636 g/mol. The summed E-state index contributed by atoms with van der Waals surface area (Å²) in [5.41, 5.74) is 6.94. The van der Waals surface area contributed by atoms with Gasteiger partial charge in [-0.05, 0) is 75.9 Å². The van der Waals surface area contributed by atoms with Crippen molar-refractivity contribution in [1.82, 2.24) is 9.88 Å². The molecule has 1 fully saturated rings. The highest BCUT2D eigenvalue weighted by Crippen LogP contribution is 2.36. The molecule has 0 saturated carbocycles. The zero-order valence-corrected chi connectivity index (χ0v) is 28.0. The Hall–Kier alpha value is -3.93. The zero-order valence-electron chi connectivity index (χ0n) is 28.0. The fourth-order valence-electron chi connectivity index (χ4n) is 6.07. The molecular formula is C35H47N4O7+. The average Bonchev–Trinajstić information content (AvgIpc) is 3.61. The summed E-state index contributed by atoms with van der Waals surface area (Å²) in [7, 11) is 0. The summed E-state index contributed by atoms with van der Waals surface area (Å²) in [6.45, 7) is 14.4. The van der Waals surface area contributed by atoms with Crippen LogP contribution in [0.25, 0.3) is 11.1 Å². The number of fused-ring (bicyclic) bond motifs is 1. The number of aliphatic hydroxyl groups excluding tert-OH is 1. The molecule has 248 valence electrons. The number of imide groups is 2. The largest absolute Gasteiger partial charge is 0.456 e. The van der Waals surface area contributed by atoms with E-state index in [1.807, 2.05) is 20.8 Å². The molecule has 0 spiro atoms. The minimum absolute atomic E-state index is 0.0583. The number of amides is 4. The Morgan fingerprint density at radius 1 is 1.00 bits per heavy atom. The van der Waals surface area contributed by atoms with Gasteiger partial charge in [-0.3, -0.25) is 4.79 Å². The second-order valence-corrected chi connectivity index (χ2v) is 13.9. The monoisotopic (exact) mass is 635 g/mol. The van der Waals surface area contributed by atoms with Crippen molar-refractivity contribution in [3.8, 4) is 0 Å². The fraction of sp³-hybridized carbons (Fsp3) is 0.514. The Kier molecular flexibility index (Phi) is 10.2. The minimum Gasteiger partial charge on any atom is -0.456 e. The van der Waals surface area contributed by atoms with E-state index < -0.39 is 64.0 Å². The Bertz CT molecular complexity index is 1560. The number of ether oxygens (including phenoxy) is 1. The first kappa shape index (κ1) is 34.9. The van der Waals surface area contributed by atoms with Gasteiger partial charge in [-0.1, -0.05) is 39.8 Å². The molecule has 1 aliphatic heterocycles. The van der Waals surface area contributed by atoms with E-state index >= 15 is 4.79 Å². The van der Waals surface area contributed by atoms with Gasteiger partial charge in [-0.15, -0.1) is 0 Å². The molecule has 1 aromatic heterocycles. The number of carbonyl (C=O) groups excluding carboxylic acids is 4. The first-order valence-electron chi connectivity index (χ1n) is 15.9. The summed E-state index contributed by atoms with van der Waals surface area (Å²) >= 11 is 0. The number of urea groups is 1. The first-order valence-corrected chi connectivity index (χ1v) is 15.9. The molecule has 46 heavy (non-hydrogen) atoms. The number of nitrogens with two attached hydrogens (primary N) is 1. The lowest BCUT2D eigenvalue weighted by atomic mass is 9.95. The number of hydrogen-bond acceptors (Lipinski definition) is 9. The third-order valence-electron chi connectivity index (χ3n) is 8.68. The van der Waals surface area contributed by atoms with Crippen LogP contribution in [0, 0.1) is 11.8 Å². The lowest BCUT2D eigenvalue weighted by molar-refractivity contribution is -0.789. The van der Waals surface area contributed by atoms with Crippen LogP contribution in [-0.2, 0) is 9.53 Å². The van der Waals surface area contributed by atoms with E-state index in [1.54, 1.807) is 58.9 Å². The van der Waals surface area contributed by atoms with Gasteiger partial charge in [0.1, 0.15) is 23.2 Å². The maximum Gasteiger partial charge on any atom is 0.434 e. The number of aliphatic hydroxyl groups is 1. The smallest absolute Gasteiger partial charge is 0.434 e. The van der Waals surface area contributed by atoms with Crippen molar-refractivity contribution in [2.24, 2.45) is 17.6 Å². The Morgan fingerprint density at radius 2 is 1.61 bits per heavy atom. The number of rotatable bonds is 8. The number of nitrogens with zero attached hydrogens (tertiary/aromatic N) is 3. The van der Waals surface area contributed by atoms with Crippen LogP contribution in [0.4, 0.5) is 4.79 Å². The molecule has 11 heteroatoms. The highest BCUT2D eigenvalue weighted by molar-refractivity contribution is 6.05. The molecule has 3 aromatic rings. The Labute approximate surface area is 270 Å². The van der Waals surface area contributed by atoms with Crippen molar-refractivity contribution in [2.75, 3.05) is 6.54 Å². The van der Waals surface area contributed by atoms with E-state index in [-0.39, 0.29) is 29.5 Å². The topological polar surface area (TPSA) is 153 Å². The molecule has 1 saturated heterocycles. The number of benzene rings is 2. The highest BCUT2D eigenvalue weighted by Gasteiger charge is 2.59. The number of hydrogen-bond donors (Lipinski definition) is 2. The van der Waals surface area contributed by atoms with E-state index in [0.29, 0.717) is 23.9 Å². The lowest BCUT2D eigenvalue weighted by Crippen LogP contribution is -2.70. The molecule has 4 amide bonds. The quantitative estimate of drug-likeness (QED) is 0.237. The summed E-state index contributed by atoms with van der Waals surface area (Å²) in [6, 6.07) is 9.43. The standard InChI is InChI=1S/C35H47N4O7/c1-20(2)27(36)32(42)39(19-11-12-22(39)5)34(44)38(31(41)23-15-17-24(18-16-23)33(43)46-35(6,7)8)28(21(3)4)29(40)30-37-25-13-9-10-14-26(25)45-30/h9-10,13-18,20-22,27-29,40H,11-12,19,36H2,1-8H3/q+1/t22?,27?,28?,29?,39-/m0/s1. The number of para-hydroxylation sites is 2. The van der Waals surface area contributed by atoms with Crippen LogP contribution in [0.1, 0.15) is 101 Å². The van der Waals surface area contributed by atoms with Gasteiger partial charge in [0.05, 0.1) is 18.2 Å². The van der Waals surface area contributed by atoms with Crippen molar-refractivity contribution in [2.45, 2.75) is 98.1 Å². The Balaban J connectivity index is 1.85.